The average molecular weight is 354 g/mol. The molecular formula is C22H27NOS. The monoisotopic (exact) mass is 353 g/mol. The Labute approximate surface area is 155 Å². The van der Waals surface area contributed by atoms with E-state index in [1.54, 1.807) is 11.8 Å². The van der Waals surface area contributed by atoms with Crippen molar-refractivity contribution >= 4 is 17.7 Å². The van der Waals surface area contributed by atoms with Gasteiger partial charge < -0.3 is 5.32 Å². The topological polar surface area (TPSA) is 29.1 Å². The van der Waals surface area contributed by atoms with Crippen molar-refractivity contribution in [1.82, 2.24) is 5.32 Å². The molecule has 0 fully saturated rings. The number of amides is 1. The highest BCUT2D eigenvalue weighted by Gasteiger charge is 2.30. The van der Waals surface area contributed by atoms with Crippen molar-refractivity contribution in [3.8, 4) is 0 Å². The van der Waals surface area contributed by atoms with Crippen molar-refractivity contribution in [3.05, 3.63) is 65.2 Å². The molecule has 2 unspecified atom stereocenters. The summed E-state index contributed by atoms with van der Waals surface area (Å²) in [7, 11) is 0. The molecule has 1 N–H and O–H groups in total. The number of carbonyl (C=O) groups excluding carboxylic acids is 1. The van der Waals surface area contributed by atoms with Gasteiger partial charge in [-0.2, -0.15) is 0 Å². The average Bonchev–Trinajstić information content (AvgIpc) is 3.04. The molecule has 0 aromatic heterocycles. The summed E-state index contributed by atoms with van der Waals surface area (Å²) in [6.45, 7) is 6.53. The van der Waals surface area contributed by atoms with E-state index in [0.29, 0.717) is 5.92 Å². The first-order chi connectivity index (χ1) is 12.1. The van der Waals surface area contributed by atoms with Crippen LogP contribution in [0.2, 0.25) is 0 Å². The van der Waals surface area contributed by atoms with Gasteiger partial charge in [0.25, 0.3) is 0 Å². The molecular weight excluding hydrogens is 326 g/mol. The van der Waals surface area contributed by atoms with Gasteiger partial charge in [0.1, 0.15) is 0 Å². The van der Waals surface area contributed by atoms with Crippen LogP contribution in [0.15, 0.2) is 53.4 Å². The summed E-state index contributed by atoms with van der Waals surface area (Å²) in [5.41, 5.74) is 3.85. The Hall–Kier alpha value is -1.74. The number of aryl methyl sites for hydroxylation is 1. The van der Waals surface area contributed by atoms with Crippen molar-refractivity contribution in [3.63, 3.8) is 0 Å². The van der Waals surface area contributed by atoms with E-state index >= 15 is 0 Å². The van der Waals surface area contributed by atoms with Gasteiger partial charge in [-0.1, -0.05) is 69.7 Å². The summed E-state index contributed by atoms with van der Waals surface area (Å²) in [5, 5.41) is 3.29. The van der Waals surface area contributed by atoms with Crippen LogP contribution in [0, 0.1) is 5.92 Å². The molecule has 0 bridgehead atoms. The van der Waals surface area contributed by atoms with Gasteiger partial charge in [-0.3, -0.25) is 4.79 Å². The van der Waals surface area contributed by atoms with Gasteiger partial charge in [0.2, 0.25) is 5.91 Å². The van der Waals surface area contributed by atoms with Crippen molar-refractivity contribution < 1.29 is 4.79 Å². The number of hydrogen-bond acceptors (Lipinski definition) is 2. The van der Waals surface area contributed by atoms with E-state index in [1.807, 2.05) is 6.07 Å². The summed E-state index contributed by atoms with van der Waals surface area (Å²) >= 11 is 1.69. The lowest BCUT2D eigenvalue weighted by Crippen LogP contribution is -2.37. The third kappa shape index (κ3) is 4.27. The van der Waals surface area contributed by atoms with Gasteiger partial charge in [0.15, 0.2) is 0 Å². The molecule has 0 saturated heterocycles. The lowest BCUT2D eigenvalue weighted by Gasteiger charge is -2.24. The quantitative estimate of drug-likeness (QED) is 0.776. The lowest BCUT2D eigenvalue weighted by atomic mass is 9.94. The predicted octanol–water partition coefficient (Wildman–Crippen LogP) is 5.17. The fraction of sp³-hybridized carbons (Fsp3) is 0.409. The first-order valence-corrected chi connectivity index (χ1v) is 10.1. The van der Waals surface area contributed by atoms with E-state index in [2.05, 4.69) is 68.6 Å². The maximum atomic E-state index is 12.8. The van der Waals surface area contributed by atoms with E-state index in [-0.39, 0.29) is 17.2 Å². The molecule has 0 radical (unpaired) electrons. The number of hydrogen-bond donors (Lipinski definition) is 1. The van der Waals surface area contributed by atoms with Crippen LogP contribution in [0.4, 0.5) is 0 Å². The number of nitrogens with one attached hydrogen (secondary N) is 1. The Balaban J connectivity index is 1.69. The summed E-state index contributed by atoms with van der Waals surface area (Å²) in [6, 6.07) is 17.1. The van der Waals surface area contributed by atoms with Gasteiger partial charge in [-0.15, -0.1) is 11.8 Å². The number of thioether (sulfide) groups is 1. The third-order valence-electron chi connectivity index (χ3n) is 4.78. The van der Waals surface area contributed by atoms with E-state index < -0.39 is 0 Å². The maximum Gasteiger partial charge on any atom is 0.234 e. The largest absolute Gasteiger partial charge is 0.348 e. The Bertz CT molecular complexity index is 698. The van der Waals surface area contributed by atoms with E-state index in [9.17, 15) is 4.79 Å². The van der Waals surface area contributed by atoms with Gasteiger partial charge >= 0.3 is 0 Å². The minimum absolute atomic E-state index is 0.0157. The molecule has 2 atom stereocenters. The third-order valence-corrected chi connectivity index (χ3v) is 6.10. The number of carbonyl (C=O) groups is 1. The summed E-state index contributed by atoms with van der Waals surface area (Å²) in [4.78, 5) is 14.1. The SMILES string of the molecule is CCCc1ccc(C(NC(=O)C2Cc3ccccc3S2)C(C)C)cc1. The Kier molecular flexibility index (Phi) is 5.85. The second-order valence-electron chi connectivity index (χ2n) is 7.14. The summed E-state index contributed by atoms with van der Waals surface area (Å²) in [6.07, 6.45) is 3.09. The zero-order chi connectivity index (χ0) is 17.8. The Morgan fingerprint density at radius 2 is 1.88 bits per heavy atom. The number of rotatable bonds is 6. The molecule has 0 aliphatic carbocycles. The van der Waals surface area contributed by atoms with Crippen LogP contribution >= 0.6 is 11.8 Å². The normalized spacial score (nSPS) is 17.4. The second kappa shape index (κ2) is 8.09. The molecule has 2 aromatic rings. The van der Waals surface area contributed by atoms with Crippen LogP contribution < -0.4 is 5.32 Å². The fourth-order valence-electron chi connectivity index (χ4n) is 3.39. The molecule has 2 aromatic carbocycles. The molecule has 132 valence electrons. The predicted molar refractivity (Wildman–Crippen MR) is 106 cm³/mol. The zero-order valence-electron chi connectivity index (χ0n) is 15.3. The molecule has 1 aliphatic heterocycles. The second-order valence-corrected chi connectivity index (χ2v) is 8.38. The van der Waals surface area contributed by atoms with Crippen molar-refractivity contribution in [2.45, 2.75) is 56.2 Å². The van der Waals surface area contributed by atoms with Gasteiger partial charge in [-0.25, -0.2) is 0 Å². The molecule has 1 aliphatic rings. The highest BCUT2D eigenvalue weighted by atomic mass is 32.2. The first-order valence-electron chi connectivity index (χ1n) is 9.22. The van der Waals surface area contributed by atoms with Crippen LogP contribution in [0.1, 0.15) is 49.9 Å². The highest BCUT2D eigenvalue weighted by Crippen LogP contribution is 2.37. The van der Waals surface area contributed by atoms with Crippen molar-refractivity contribution in [1.29, 1.82) is 0 Å². The Morgan fingerprint density at radius 3 is 2.52 bits per heavy atom. The van der Waals surface area contributed by atoms with E-state index in [1.165, 1.54) is 21.6 Å². The highest BCUT2D eigenvalue weighted by molar-refractivity contribution is 8.01. The molecule has 1 amide bonds. The fourth-order valence-corrected chi connectivity index (χ4v) is 4.59. The number of fused-ring (bicyclic) bond motifs is 1. The molecule has 3 rings (SSSR count). The summed E-state index contributed by atoms with van der Waals surface area (Å²) in [5.74, 6) is 0.507. The summed E-state index contributed by atoms with van der Waals surface area (Å²) < 4.78 is 0. The van der Waals surface area contributed by atoms with Gasteiger partial charge in [-0.05, 0) is 41.5 Å². The molecule has 1 heterocycles. The standard InChI is InChI=1S/C22H27NOS/c1-4-7-16-10-12-17(13-11-16)21(15(2)3)23-22(24)20-14-18-8-5-6-9-19(18)25-20/h5-6,8-13,15,20-21H,4,7,14H2,1-3H3,(H,23,24). The van der Waals surface area contributed by atoms with E-state index in [4.69, 9.17) is 0 Å². The zero-order valence-corrected chi connectivity index (χ0v) is 16.1. The number of benzene rings is 2. The van der Waals surface area contributed by atoms with Crippen LogP contribution in [0.3, 0.4) is 0 Å². The van der Waals surface area contributed by atoms with E-state index in [0.717, 1.165) is 19.3 Å². The van der Waals surface area contributed by atoms with Crippen molar-refractivity contribution in [2.24, 2.45) is 5.92 Å². The Morgan fingerprint density at radius 1 is 1.16 bits per heavy atom. The minimum atomic E-state index is -0.0157. The smallest absolute Gasteiger partial charge is 0.234 e. The molecule has 0 spiro atoms. The molecule has 3 heteroatoms. The van der Waals surface area contributed by atoms with Crippen LogP contribution in [-0.2, 0) is 17.6 Å². The van der Waals surface area contributed by atoms with Gasteiger partial charge in [0, 0.05) is 4.90 Å². The lowest BCUT2D eigenvalue weighted by molar-refractivity contribution is -0.121. The molecule has 25 heavy (non-hydrogen) atoms. The van der Waals surface area contributed by atoms with Crippen LogP contribution in [0.25, 0.3) is 0 Å². The maximum absolute atomic E-state index is 12.8. The minimum Gasteiger partial charge on any atom is -0.348 e. The molecule has 0 saturated carbocycles. The van der Waals surface area contributed by atoms with Crippen LogP contribution in [0.5, 0.6) is 0 Å². The van der Waals surface area contributed by atoms with Crippen molar-refractivity contribution in [2.75, 3.05) is 0 Å². The van der Waals surface area contributed by atoms with Crippen LogP contribution in [-0.4, -0.2) is 11.2 Å². The molecule has 2 nitrogen and oxygen atoms in total. The van der Waals surface area contributed by atoms with Gasteiger partial charge in [0.05, 0.1) is 11.3 Å². The first kappa shape index (κ1) is 18.1.